The Labute approximate surface area is 195 Å². The highest BCUT2D eigenvalue weighted by Crippen LogP contribution is 2.36. The van der Waals surface area contributed by atoms with Crippen molar-refractivity contribution in [1.29, 1.82) is 0 Å². The van der Waals surface area contributed by atoms with Gasteiger partial charge in [-0.3, -0.25) is 9.59 Å². The van der Waals surface area contributed by atoms with Crippen molar-refractivity contribution in [3.8, 4) is 11.1 Å². The second-order valence-corrected chi connectivity index (χ2v) is 9.23. The van der Waals surface area contributed by atoms with Crippen molar-refractivity contribution in [3.05, 3.63) is 78.0 Å². The van der Waals surface area contributed by atoms with Crippen LogP contribution in [0.2, 0.25) is 0 Å². The number of nitrogens with one attached hydrogen (secondary N) is 2. The number of aromatic amines is 1. The summed E-state index contributed by atoms with van der Waals surface area (Å²) in [6.45, 7) is 5.16. The molecule has 0 saturated carbocycles. The molecule has 7 nitrogen and oxygen atoms in total. The van der Waals surface area contributed by atoms with Crippen LogP contribution in [-0.4, -0.2) is 45.0 Å². The molecule has 2 aromatic carbocycles. The summed E-state index contributed by atoms with van der Waals surface area (Å²) in [6, 6.07) is 13.5. The zero-order chi connectivity index (χ0) is 23.5. The fourth-order valence-corrected chi connectivity index (χ4v) is 4.79. The minimum atomic E-state index is -1.00. The smallest absolute Gasteiger partial charge is 0.250 e. The predicted molar refractivity (Wildman–Crippen MR) is 133 cm³/mol. The molecule has 170 valence electrons. The summed E-state index contributed by atoms with van der Waals surface area (Å²) in [5, 5.41) is 3.71. The molecule has 1 atom stereocenters. The predicted octanol–water partition coefficient (Wildman–Crippen LogP) is 3.12. The Morgan fingerprint density at radius 3 is 2.73 bits per heavy atom. The van der Waals surface area contributed by atoms with Gasteiger partial charge in [0.25, 0.3) is 5.91 Å². The molecule has 0 bridgehead atoms. The van der Waals surface area contributed by atoms with Crippen molar-refractivity contribution in [2.75, 3.05) is 19.3 Å². The van der Waals surface area contributed by atoms with Crippen LogP contribution < -0.4 is 11.1 Å². The van der Waals surface area contributed by atoms with E-state index in [1.165, 1.54) is 6.08 Å². The van der Waals surface area contributed by atoms with Gasteiger partial charge in [0.2, 0.25) is 5.91 Å². The van der Waals surface area contributed by atoms with Gasteiger partial charge < -0.3 is 20.6 Å². The van der Waals surface area contributed by atoms with E-state index in [0.717, 1.165) is 39.8 Å². The standard InChI is InChI=1S/C25H26N4O3S/c1-3-23(30)27-15-17-6-4-5-7-18(17)19-8-9-20(25(26)31)24-21(19)14-22(28-24)16-10-12-29(13-11-16)33(2)32/h3-10,14,28H,1,11-13,15H2,2H3,(H2,26,31)(H,27,30). The summed E-state index contributed by atoms with van der Waals surface area (Å²) < 4.78 is 13.7. The van der Waals surface area contributed by atoms with Gasteiger partial charge >= 0.3 is 0 Å². The van der Waals surface area contributed by atoms with E-state index in [1.54, 1.807) is 12.3 Å². The minimum absolute atomic E-state index is 0.241. The van der Waals surface area contributed by atoms with Gasteiger partial charge in [0, 0.05) is 35.5 Å². The number of fused-ring (bicyclic) bond motifs is 1. The van der Waals surface area contributed by atoms with Crippen LogP contribution in [0.1, 0.15) is 28.0 Å². The number of hydrogen-bond donors (Lipinski definition) is 3. The third-order valence-corrected chi connectivity index (χ3v) is 6.95. The molecule has 0 radical (unpaired) electrons. The van der Waals surface area contributed by atoms with Crippen LogP contribution in [0.25, 0.3) is 27.6 Å². The average molecular weight is 463 g/mol. The number of benzene rings is 2. The number of aromatic nitrogens is 1. The molecule has 1 aliphatic rings. The molecule has 3 aromatic rings. The number of amides is 2. The van der Waals surface area contributed by atoms with Crippen molar-refractivity contribution >= 4 is 39.7 Å². The average Bonchev–Trinajstić information content (AvgIpc) is 3.27. The number of carbonyl (C=O) groups is 2. The first-order chi connectivity index (χ1) is 15.9. The summed E-state index contributed by atoms with van der Waals surface area (Å²) in [4.78, 5) is 27.2. The highest BCUT2D eigenvalue weighted by Gasteiger charge is 2.22. The maximum Gasteiger partial charge on any atom is 0.250 e. The van der Waals surface area contributed by atoms with Gasteiger partial charge in [-0.25, -0.2) is 0 Å². The Hall–Kier alpha value is -3.33. The van der Waals surface area contributed by atoms with Gasteiger partial charge in [-0.2, -0.15) is 0 Å². The van der Waals surface area contributed by atoms with Crippen LogP contribution in [0.4, 0.5) is 0 Å². The molecule has 2 amide bonds. The van der Waals surface area contributed by atoms with Gasteiger partial charge in [-0.1, -0.05) is 43.0 Å². The second kappa shape index (κ2) is 9.66. The van der Waals surface area contributed by atoms with E-state index in [1.807, 2.05) is 40.7 Å². The second-order valence-electron chi connectivity index (χ2n) is 7.87. The summed E-state index contributed by atoms with van der Waals surface area (Å²) in [5.74, 6) is -0.745. The van der Waals surface area contributed by atoms with Crippen molar-refractivity contribution in [1.82, 2.24) is 14.6 Å². The van der Waals surface area contributed by atoms with Gasteiger partial charge in [0.1, 0.15) is 6.26 Å². The largest absolute Gasteiger partial charge is 0.598 e. The van der Waals surface area contributed by atoms with E-state index >= 15 is 0 Å². The molecule has 0 fully saturated rings. The Morgan fingerprint density at radius 1 is 1.27 bits per heavy atom. The minimum Gasteiger partial charge on any atom is -0.598 e. The lowest BCUT2D eigenvalue weighted by Crippen LogP contribution is -2.33. The molecule has 1 aromatic heterocycles. The van der Waals surface area contributed by atoms with Crippen LogP contribution in [0.3, 0.4) is 0 Å². The highest BCUT2D eigenvalue weighted by molar-refractivity contribution is 7.88. The molecule has 1 aliphatic heterocycles. The van der Waals surface area contributed by atoms with Gasteiger partial charge in [0.05, 0.1) is 17.6 Å². The Kier molecular flexibility index (Phi) is 6.69. The number of rotatable bonds is 7. The number of nitrogens with zero attached hydrogens (tertiary/aromatic N) is 1. The van der Waals surface area contributed by atoms with Crippen LogP contribution in [0.5, 0.6) is 0 Å². The number of carbonyl (C=O) groups excluding carboxylic acids is 2. The van der Waals surface area contributed by atoms with Crippen molar-refractivity contribution in [2.24, 2.45) is 5.73 Å². The van der Waals surface area contributed by atoms with Crippen LogP contribution in [0, 0.1) is 0 Å². The van der Waals surface area contributed by atoms with Crippen LogP contribution in [-0.2, 0) is 22.7 Å². The van der Waals surface area contributed by atoms with E-state index < -0.39 is 17.3 Å². The van der Waals surface area contributed by atoms with Crippen molar-refractivity contribution in [3.63, 3.8) is 0 Å². The number of nitrogens with two attached hydrogens (primary N) is 1. The highest BCUT2D eigenvalue weighted by atomic mass is 32.2. The van der Waals surface area contributed by atoms with Crippen LogP contribution in [0.15, 0.2) is 61.2 Å². The lowest BCUT2D eigenvalue weighted by molar-refractivity contribution is -0.116. The van der Waals surface area contributed by atoms with E-state index in [4.69, 9.17) is 5.73 Å². The molecule has 0 spiro atoms. The fourth-order valence-electron chi connectivity index (χ4n) is 4.15. The topological polar surface area (TPSA) is 114 Å². The molecular formula is C25H26N4O3S. The molecule has 0 aliphatic carbocycles. The van der Waals surface area contributed by atoms with E-state index in [2.05, 4.69) is 23.0 Å². The zero-order valence-corrected chi connectivity index (χ0v) is 19.2. The van der Waals surface area contributed by atoms with Gasteiger partial charge in [-0.05, 0) is 46.9 Å². The lowest BCUT2D eigenvalue weighted by Gasteiger charge is -2.24. The monoisotopic (exact) mass is 462 g/mol. The van der Waals surface area contributed by atoms with Gasteiger partial charge in [-0.15, -0.1) is 4.31 Å². The van der Waals surface area contributed by atoms with Crippen molar-refractivity contribution in [2.45, 2.75) is 13.0 Å². The molecule has 4 rings (SSSR count). The molecular weight excluding hydrogens is 436 g/mol. The number of H-pyrrole nitrogens is 1. The summed E-state index contributed by atoms with van der Waals surface area (Å²) >= 11 is -1.00. The summed E-state index contributed by atoms with van der Waals surface area (Å²) in [6.07, 6.45) is 5.74. The van der Waals surface area contributed by atoms with Crippen molar-refractivity contribution < 1.29 is 14.1 Å². The fraction of sp³-hybridized carbons (Fsp3) is 0.200. The first kappa shape index (κ1) is 22.8. The third kappa shape index (κ3) is 4.73. The van der Waals surface area contributed by atoms with Gasteiger partial charge in [0.15, 0.2) is 0 Å². The molecule has 2 heterocycles. The van der Waals surface area contributed by atoms with E-state index in [0.29, 0.717) is 30.7 Å². The first-order valence-corrected chi connectivity index (χ1v) is 12.1. The Bertz CT molecular complexity index is 1260. The lowest BCUT2D eigenvalue weighted by atomic mass is 9.94. The zero-order valence-electron chi connectivity index (χ0n) is 18.4. The third-order valence-electron chi connectivity index (χ3n) is 5.89. The number of hydrogen-bond acceptors (Lipinski definition) is 4. The molecule has 4 N–H and O–H groups in total. The molecule has 1 unspecified atom stereocenters. The van der Waals surface area contributed by atoms with Crippen LogP contribution >= 0.6 is 0 Å². The molecule has 33 heavy (non-hydrogen) atoms. The quantitative estimate of drug-likeness (QED) is 0.370. The Morgan fingerprint density at radius 2 is 2.06 bits per heavy atom. The summed E-state index contributed by atoms with van der Waals surface area (Å²) in [5.41, 5.74) is 11.6. The molecule has 8 heteroatoms. The summed E-state index contributed by atoms with van der Waals surface area (Å²) in [7, 11) is 0. The van der Waals surface area contributed by atoms with E-state index in [9.17, 15) is 14.1 Å². The first-order valence-electron chi connectivity index (χ1n) is 10.6. The SMILES string of the molecule is C=CC(=O)NCc1ccccc1-c1ccc(C(N)=O)c2[nH]c(C3=CCN([S+](C)[O-])CC3)cc12. The van der Waals surface area contributed by atoms with E-state index in [-0.39, 0.29) is 5.91 Å². The molecule has 0 saturated heterocycles. The Balaban J connectivity index is 1.80. The number of primary amides is 1. The maximum absolute atomic E-state index is 12.1. The normalized spacial score (nSPS) is 15.2. The maximum atomic E-state index is 12.1.